The molecule has 0 bridgehead atoms. The second kappa shape index (κ2) is 6.93. The van der Waals surface area contributed by atoms with Crippen LogP contribution in [0.3, 0.4) is 0 Å². The van der Waals surface area contributed by atoms with Crippen LogP contribution < -0.4 is 0 Å². The van der Waals surface area contributed by atoms with Gasteiger partial charge in [0.25, 0.3) is 0 Å². The Balaban J connectivity index is 3.17. The average Bonchev–Trinajstić information content (AvgIpc) is 2.27. The highest BCUT2D eigenvalue weighted by Crippen LogP contribution is 2.36. The monoisotopic (exact) mass is 332 g/mol. The average molecular weight is 332 g/mol. The highest BCUT2D eigenvalue weighted by Gasteiger charge is 2.25. The van der Waals surface area contributed by atoms with Gasteiger partial charge in [0.2, 0.25) is 8.03 Å². The molecule has 0 heterocycles. The van der Waals surface area contributed by atoms with E-state index in [9.17, 15) is 17.4 Å². The maximum absolute atomic E-state index is 13.6. The molecule has 0 aliphatic carbocycles. The van der Waals surface area contributed by atoms with E-state index in [1.54, 1.807) is 6.26 Å². The van der Waals surface area contributed by atoms with Crippen molar-refractivity contribution in [1.29, 1.82) is 0 Å². The molecular formula is C8H10FO5PS3. The van der Waals surface area contributed by atoms with E-state index in [-0.39, 0.29) is 4.90 Å². The molecule has 1 atom stereocenters. The quantitative estimate of drug-likeness (QED) is 0.486. The van der Waals surface area contributed by atoms with E-state index in [1.165, 1.54) is 22.9 Å². The third kappa shape index (κ3) is 4.25. The molecular weight excluding hydrogens is 322 g/mol. The highest BCUT2D eigenvalue weighted by atomic mass is 33.1. The van der Waals surface area contributed by atoms with E-state index in [2.05, 4.69) is 4.18 Å². The number of halogens is 1. The van der Waals surface area contributed by atoms with Gasteiger partial charge in [-0.2, -0.15) is 8.42 Å². The zero-order valence-corrected chi connectivity index (χ0v) is 12.6. The first-order valence-electron chi connectivity index (χ1n) is 4.49. The van der Waals surface area contributed by atoms with Crippen molar-refractivity contribution in [2.45, 2.75) is 9.79 Å². The van der Waals surface area contributed by atoms with Crippen LogP contribution >= 0.6 is 29.6 Å². The Kier molecular flexibility index (Phi) is 6.16. The van der Waals surface area contributed by atoms with E-state index in [1.807, 2.05) is 0 Å². The molecule has 0 saturated carbocycles. The number of rotatable bonds is 6. The molecule has 10 heteroatoms. The number of hydrogen-bond donors (Lipinski definition) is 1. The van der Waals surface area contributed by atoms with Crippen LogP contribution in [0.15, 0.2) is 28.0 Å². The first kappa shape index (κ1) is 16.0. The normalized spacial score (nSPS) is 13.5. The van der Waals surface area contributed by atoms with E-state index in [4.69, 9.17) is 4.89 Å². The molecule has 0 aliphatic heterocycles. The van der Waals surface area contributed by atoms with Gasteiger partial charge in [-0.3, -0.25) is 8.75 Å². The molecule has 102 valence electrons. The maximum atomic E-state index is 13.6. The van der Waals surface area contributed by atoms with Crippen molar-refractivity contribution in [3.8, 4) is 0 Å². The molecule has 1 N–H and O–H groups in total. The lowest BCUT2D eigenvalue weighted by Crippen LogP contribution is -2.09. The van der Waals surface area contributed by atoms with Crippen molar-refractivity contribution in [2.75, 3.05) is 12.6 Å². The van der Waals surface area contributed by atoms with Crippen LogP contribution in [0, 0.1) is 5.82 Å². The predicted octanol–water partition coefficient (Wildman–Crippen LogP) is 2.33. The molecule has 1 rings (SSSR count). The molecule has 0 amide bonds. The van der Waals surface area contributed by atoms with Crippen LogP contribution in [0.1, 0.15) is 0 Å². The SMILES string of the molecule is CSSc1cccc(F)c1S(=O)(=O)OC[PH](=O)O. The Morgan fingerprint density at radius 1 is 1.50 bits per heavy atom. The summed E-state index contributed by atoms with van der Waals surface area (Å²) in [5.41, 5.74) is 0. The fraction of sp³-hybridized carbons (Fsp3) is 0.250. The molecule has 1 aromatic carbocycles. The van der Waals surface area contributed by atoms with Gasteiger partial charge in [-0.1, -0.05) is 27.7 Å². The smallest absolute Gasteiger partial charge is 0.301 e. The standard InChI is InChI=1S/C8H10FO5PS3/c1-16-17-7-4-2-3-6(9)8(7)18(12,13)14-5-15(10)11/h2-4,15H,5H2,1H3,(H,10,11). The Labute approximate surface area is 113 Å². The van der Waals surface area contributed by atoms with Crippen LogP contribution in [-0.2, 0) is 18.9 Å². The molecule has 1 aromatic rings. The predicted molar refractivity (Wildman–Crippen MR) is 70.1 cm³/mol. The molecule has 18 heavy (non-hydrogen) atoms. The topological polar surface area (TPSA) is 80.7 Å². The second-order valence-electron chi connectivity index (χ2n) is 2.93. The summed E-state index contributed by atoms with van der Waals surface area (Å²) in [6, 6.07) is 3.80. The zero-order valence-electron chi connectivity index (χ0n) is 9.12. The lowest BCUT2D eigenvalue weighted by Gasteiger charge is -2.09. The van der Waals surface area contributed by atoms with Crippen LogP contribution in [-0.4, -0.2) is 25.9 Å². The van der Waals surface area contributed by atoms with Crippen LogP contribution in [0.25, 0.3) is 0 Å². The number of benzene rings is 1. The van der Waals surface area contributed by atoms with Gasteiger partial charge in [-0.05, 0) is 18.4 Å². The van der Waals surface area contributed by atoms with Crippen molar-refractivity contribution in [3.05, 3.63) is 24.0 Å². The highest BCUT2D eigenvalue weighted by molar-refractivity contribution is 8.76. The molecule has 0 fully saturated rings. The fourth-order valence-electron chi connectivity index (χ4n) is 1.07. The third-order valence-electron chi connectivity index (χ3n) is 1.69. The van der Waals surface area contributed by atoms with Crippen LogP contribution in [0.5, 0.6) is 0 Å². The molecule has 0 aliphatic rings. The van der Waals surface area contributed by atoms with Crippen molar-refractivity contribution < 1.29 is 26.4 Å². The first-order chi connectivity index (χ1) is 8.38. The second-order valence-corrected chi connectivity index (χ2v) is 8.00. The van der Waals surface area contributed by atoms with Crippen molar-refractivity contribution in [2.24, 2.45) is 0 Å². The molecule has 0 aromatic heterocycles. The molecule has 5 nitrogen and oxygen atoms in total. The minimum absolute atomic E-state index is 0.181. The van der Waals surface area contributed by atoms with Crippen molar-refractivity contribution in [3.63, 3.8) is 0 Å². The summed E-state index contributed by atoms with van der Waals surface area (Å²) in [4.78, 5) is 8.13. The van der Waals surface area contributed by atoms with Crippen molar-refractivity contribution in [1.82, 2.24) is 0 Å². The van der Waals surface area contributed by atoms with E-state index < -0.39 is 35.2 Å². The van der Waals surface area contributed by atoms with Gasteiger partial charge >= 0.3 is 10.1 Å². The van der Waals surface area contributed by atoms with Gasteiger partial charge in [-0.15, -0.1) is 0 Å². The third-order valence-corrected chi connectivity index (χ3v) is 5.49. The zero-order chi connectivity index (χ0) is 13.8. The minimum atomic E-state index is -4.38. The number of hydrogen-bond acceptors (Lipinski definition) is 6. The largest absolute Gasteiger partial charge is 0.345 e. The van der Waals surface area contributed by atoms with E-state index in [0.29, 0.717) is 0 Å². The van der Waals surface area contributed by atoms with E-state index >= 15 is 0 Å². The Morgan fingerprint density at radius 2 is 2.17 bits per heavy atom. The van der Waals surface area contributed by atoms with Gasteiger partial charge in [-0.25, -0.2) is 4.39 Å². The van der Waals surface area contributed by atoms with Gasteiger partial charge in [0.05, 0.1) is 0 Å². The Bertz CT molecular complexity index is 548. The van der Waals surface area contributed by atoms with Crippen LogP contribution in [0.2, 0.25) is 0 Å². The lowest BCUT2D eigenvalue weighted by molar-refractivity contribution is 0.351. The molecule has 1 unspecified atom stereocenters. The summed E-state index contributed by atoms with van der Waals surface area (Å²) < 4.78 is 51.9. The van der Waals surface area contributed by atoms with E-state index in [0.717, 1.165) is 16.9 Å². The van der Waals surface area contributed by atoms with Crippen molar-refractivity contribution >= 4 is 39.7 Å². The molecule has 0 spiro atoms. The van der Waals surface area contributed by atoms with Crippen LogP contribution in [0.4, 0.5) is 4.39 Å². The Hall–Kier alpha value is -0.0500. The summed E-state index contributed by atoms with van der Waals surface area (Å²) in [6.07, 6.45) is 0.851. The van der Waals surface area contributed by atoms with Gasteiger partial charge in [0, 0.05) is 4.90 Å². The minimum Gasteiger partial charge on any atom is -0.345 e. The van der Waals surface area contributed by atoms with Gasteiger partial charge < -0.3 is 4.89 Å². The maximum Gasteiger partial charge on any atom is 0.301 e. The fourth-order valence-corrected chi connectivity index (χ4v) is 4.87. The first-order valence-corrected chi connectivity index (χ1v) is 10.0. The summed E-state index contributed by atoms with van der Waals surface area (Å²) in [5.74, 6) is -0.952. The summed E-state index contributed by atoms with van der Waals surface area (Å²) >= 11 is 0. The molecule has 0 saturated heterocycles. The lowest BCUT2D eigenvalue weighted by atomic mass is 10.3. The summed E-state index contributed by atoms with van der Waals surface area (Å²) in [7, 11) is -5.17. The van der Waals surface area contributed by atoms with Gasteiger partial charge in [0.1, 0.15) is 17.1 Å². The molecule has 0 radical (unpaired) electrons. The van der Waals surface area contributed by atoms with Gasteiger partial charge in [0.15, 0.2) is 0 Å². The summed E-state index contributed by atoms with van der Waals surface area (Å²) in [5, 5.41) is 0. The Morgan fingerprint density at radius 3 is 2.72 bits per heavy atom. The summed E-state index contributed by atoms with van der Waals surface area (Å²) in [6.45, 7) is 0.